The zero-order chi connectivity index (χ0) is 38.2. The average Bonchev–Trinajstić information content (AvgIpc) is 4.05. The van der Waals surface area contributed by atoms with Crippen LogP contribution in [0.1, 0.15) is 82.6 Å². The molecule has 2 aliphatic rings. The Hall–Kier alpha value is -4.98. The van der Waals surface area contributed by atoms with Gasteiger partial charge in [0, 0.05) is 0 Å². The van der Waals surface area contributed by atoms with Crippen molar-refractivity contribution in [3.8, 4) is 11.6 Å². The van der Waals surface area contributed by atoms with Gasteiger partial charge in [0.15, 0.2) is 0 Å². The van der Waals surface area contributed by atoms with Gasteiger partial charge in [-0.3, -0.25) is 0 Å². The van der Waals surface area contributed by atoms with E-state index in [4.69, 9.17) is 12.1 Å². The molecule has 274 valence electrons. The zero-order valence-electron chi connectivity index (χ0n) is 28.3. The van der Waals surface area contributed by atoms with Gasteiger partial charge in [-0.05, 0) is 44.4 Å². The van der Waals surface area contributed by atoms with E-state index in [9.17, 15) is 36.3 Å². The Morgan fingerprint density at radius 1 is 0.868 bits per heavy atom. The molecule has 0 atom stereocenters. The monoisotopic (exact) mass is 750 g/mol. The van der Waals surface area contributed by atoms with Crippen LogP contribution in [-0.4, -0.2) is 50.2 Å². The second-order valence-corrected chi connectivity index (χ2v) is 14.9. The summed E-state index contributed by atoms with van der Waals surface area (Å²) < 4.78 is 107. The van der Waals surface area contributed by atoms with Crippen molar-refractivity contribution in [2.24, 2.45) is 0 Å². The van der Waals surface area contributed by atoms with E-state index in [-0.39, 0.29) is 41.8 Å². The molecular weight excluding hydrogens is 718 g/mol. The Labute approximate surface area is 303 Å². The molecule has 0 bridgehead atoms. The Balaban J connectivity index is 1.49. The first-order valence-electron chi connectivity index (χ1n) is 16.7. The molecule has 0 saturated heterocycles. The van der Waals surface area contributed by atoms with Crippen LogP contribution in [0.2, 0.25) is 0 Å². The van der Waals surface area contributed by atoms with Gasteiger partial charge >= 0.3 is 244 Å². The number of aromatic carboxylic acids is 1. The van der Waals surface area contributed by atoms with Crippen molar-refractivity contribution >= 4 is 34.9 Å². The topological polar surface area (TPSA) is 104 Å². The third-order valence-electron chi connectivity index (χ3n) is 9.16. The molecule has 4 aromatic rings. The molecule has 0 aliphatic heterocycles. The summed E-state index contributed by atoms with van der Waals surface area (Å²) in [6.07, 6.45) is 3.89. The predicted molar refractivity (Wildman–Crippen MR) is 185 cm³/mol. The van der Waals surface area contributed by atoms with Gasteiger partial charge in [0.05, 0.1) is 0 Å². The first-order chi connectivity index (χ1) is 25.2. The van der Waals surface area contributed by atoms with Gasteiger partial charge in [-0.25, -0.2) is 4.79 Å². The third-order valence-corrected chi connectivity index (χ3v) is 11.0. The number of anilines is 1. The molecule has 0 aromatic heterocycles. The third kappa shape index (κ3) is 8.02. The second kappa shape index (κ2) is 15.2. The van der Waals surface area contributed by atoms with Crippen molar-refractivity contribution in [2.75, 3.05) is 18.1 Å². The van der Waals surface area contributed by atoms with Crippen LogP contribution < -0.4 is 9.64 Å². The number of carboxylic acids is 1. The molecular formula is C38H32BF5N2O6S. The minimum atomic E-state index is -5.35. The molecule has 1 N–H and O–H groups in total. The summed E-state index contributed by atoms with van der Waals surface area (Å²) >= 11 is 0. The van der Waals surface area contributed by atoms with Crippen molar-refractivity contribution in [2.45, 2.75) is 62.4 Å². The predicted octanol–water partition coefficient (Wildman–Crippen LogP) is 7.13. The first-order valence-corrected chi connectivity index (χ1v) is 18.2. The van der Waals surface area contributed by atoms with Gasteiger partial charge in [-0.15, -0.1) is 0 Å². The maximum absolute atomic E-state index is 15.4. The quantitative estimate of drug-likeness (QED) is 0.0637. The standard InChI is InChI=1S/C38H32BF5N2O6S/c1-2-52-32-14-28(38(48)49)29(40)15-31(32)46(18-21-11-26(22-7-8-22)13-27(12-21)23-9-10-23)34(47)20-45(19-25-6-4-3-5-24(25)17-39)53(50,51)33-16-30(41)35(42)37(44)36(33)43/h3-6,11-16,22-23H,2,7-10,18-20H2,1H3,(H,48,49). The number of benzene rings is 4. The molecule has 6 rings (SSSR count). The van der Waals surface area contributed by atoms with Crippen LogP contribution in [0.25, 0.3) is 0 Å². The Morgan fingerprint density at radius 2 is 1.51 bits per heavy atom. The first kappa shape index (κ1) is 37.8. The number of carbonyl (C=O) groups excluding carboxylic acids is 1. The second-order valence-electron chi connectivity index (χ2n) is 12.9. The molecule has 1 amide bonds. The van der Waals surface area contributed by atoms with E-state index in [2.05, 4.69) is 11.9 Å². The van der Waals surface area contributed by atoms with Crippen LogP contribution in [0.3, 0.4) is 0 Å². The van der Waals surface area contributed by atoms with Gasteiger partial charge in [-0.2, -0.15) is 0 Å². The Bertz CT molecular complexity index is 2240. The molecule has 0 radical (unpaired) electrons. The zero-order valence-corrected chi connectivity index (χ0v) is 29.2. The number of hydrogen-bond acceptors (Lipinski definition) is 5. The number of sulfonamides is 1. The van der Waals surface area contributed by atoms with Gasteiger partial charge < -0.3 is 5.11 Å². The van der Waals surface area contributed by atoms with Crippen molar-refractivity contribution < 1.29 is 49.8 Å². The molecule has 2 saturated carbocycles. The SMILES string of the molecule is B#Cc1ccccc1CN(CC(=O)N(Cc1cc(C2CC2)cc(C2CC2)c1)c1cc(F)c(C(=O)O)cc1OCC)S(=O)(=O)c1cc(F)c(F)c(F)c1F. The average molecular weight is 751 g/mol. The Morgan fingerprint density at radius 3 is 2.09 bits per heavy atom. The number of hydrogen-bond donors (Lipinski definition) is 1. The van der Waals surface area contributed by atoms with Crippen LogP contribution in [0.5, 0.6) is 5.75 Å². The summed E-state index contributed by atoms with van der Waals surface area (Å²) in [7, 11) is 0.268. The number of amides is 1. The van der Waals surface area contributed by atoms with Gasteiger partial charge in [0.1, 0.15) is 0 Å². The minimum absolute atomic E-state index is 0.0264. The van der Waals surface area contributed by atoms with E-state index in [1.807, 2.05) is 12.1 Å². The van der Waals surface area contributed by atoms with Crippen LogP contribution in [0, 0.1) is 34.9 Å². The fraction of sp³-hybridized carbons (Fsp3) is 0.289. The van der Waals surface area contributed by atoms with Crippen LogP contribution in [0.15, 0.2) is 65.6 Å². The molecule has 0 unspecified atom stereocenters. The number of nitrogens with zero attached hydrogens (tertiary/aromatic N) is 2. The summed E-state index contributed by atoms with van der Waals surface area (Å²) in [6, 6.07) is 13.5. The van der Waals surface area contributed by atoms with Gasteiger partial charge in [-0.1, -0.05) is 6.07 Å². The van der Waals surface area contributed by atoms with Crippen LogP contribution in [-0.2, 0) is 27.9 Å². The molecule has 0 heterocycles. The van der Waals surface area contributed by atoms with Gasteiger partial charge in [0.2, 0.25) is 0 Å². The van der Waals surface area contributed by atoms with Crippen LogP contribution >= 0.6 is 0 Å². The number of rotatable bonds is 14. The van der Waals surface area contributed by atoms with Crippen molar-refractivity contribution in [3.63, 3.8) is 0 Å². The summed E-state index contributed by atoms with van der Waals surface area (Å²) in [5.74, 6) is -9.88. The number of halogens is 5. The van der Waals surface area contributed by atoms with Crippen molar-refractivity contribution in [1.82, 2.24) is 4.31 Å². The van der Waals surface area contributed by atoms with E-state index in [1.165, 1.54) is 18.2 Å². The van der Waals surface area contributed by atoms with E-state index in [0.29, 0.717) is 21.7 Å². The van der Waals surface area contributed by atoms with E-state index in [0.717, 1.165) is 53.8 Å². The molecule has 2 fully saturated rings. The molecule has 0 spiro atoms. The maximum atomic E-state index is 15.4. The summed E-state index contributed by atoms with van der Waals surface area (Å²) in [6.45, 7) is -0.572. The van der Waals surface area contributed by atoms with Crippen molar-refractivity contribution in [3.05, 3.63) is 123 Å². The van der Waals surface area contributed by atoms with E-state index >= 15 is 8.78 Å². The molecule has 8 nitrogen and oxygen atoms in total. The normalized spacial score (nSPS) is 14.3. The Kier molecular flexibility index (Phi) is 10.8. The molecule has 15 heteroatoms. The van der Waals surface area contributed by atoms with Crippen molar-refractivity contribution in [1.29, 1.82) is 0 Å². The number of carboxylic acid groups (broad SMARTS) is 1. The van der Waals surface area contributed by atoms with Gasteiger partial charge in [0.25, 0.3) is 0 Å². The van der Waals surface area contributed by atoms with E-state index < -0.39 is 74.5 Å². The van der Waals surface area contributed by atoms with E-state index in [1.54, 1.807) is 13.0 Å². The summed E-state index contributed by atoms with van der Waals surface area (Å²) in [4.78, 5) is 25.9. The summed E-state index contributed by atoms with van der Waals surface area (Å²) in [5, 5.41) is 9.62. The fourth-order valence-electron chi connectivity index (χ4n) is 6.15. The number of carbonyl (C=O) groups is 2. The molecule has 4 aromatic carbocycles. The van der Waals surface area contributed by atoms with Crippen LogP contribution in [0.4, 0.5) is 27.6 Å². The fourth-order valence-corrected chi connectivity index (χ4v) is 7.59. The summed E-state index contributed by atoms with van der Waals surface area (Å²) in [5.41, 5.74) is 2.04. The number of ether oxygens (including phenoxy) is 1. The molecule has 53 heavy (non-hydrogen) atoms. The molecule has 2 aliphatic carbocycles.